The minimum Gasteiger partial charge on any atom is -0.478 e. The van der Waals surface area contributed by atoms with Crippen LogP contribution in [0.2, 0.25) is 10.0 Å². The van der Waals surface area contributed by atoms with Gasteiger partial charge in [-0.2, -0.15) is 5.10 Å². The highest BCUT2D eigenvalue weighted by Gasteiger charge is 2.18. The zero-order valence-electron chi connectivity index (χ0n) is 10.2. The van der Waals surface area contributed by atoms with E-state index in [4.69, 9.17) is 28.3 Å². The zero-order valence-corrected chi connectivity index (χ0v) is 11.7. The van der Waals surface area contributed by atoms with Gasteiger partial charge in [0.2, 0.25) is 0 Å². The van der Waals surface area contributed by atoms with Crippen LogP contribution in [0.5, 0.6) is 0 Å². The first-order valence-corrected chi connectivity index (χ1v) is 6.55. The van der Waals surface area contributed by atoms with Crippen LogP contribution in [0.15, 0.2) is 24.4 Å². The maximum Gasteiger partial charge on any atom is 0.339 e. The van der Waals surface area contributed by atoms with Crippen molar-refractivity contribution in [2.75, 3.05) is 0 Å². The Bertz CT molecular complexity index is 623. The quantitative estimate of drug-likeness (QED) is 0.933. The molecule has 0 amide bonds. The fraction of sp³-hybridized carbons (Fsp3) is 0.231. The highest BCUT2D eigenvalue weighted by molar-refractivity contribution is 6.35. The summed E-state index contributed by atoms with van der Waals surface area (Å²) in [4.78, 5) is 11.2. The minimum atomic E-state index is -0.986. The summed E-state index contributed by atoms with van der Waals surface area (Å²) in [6.45, 7) is 1.98. The molecule has 0 spiro atoms. The molecule has 0 atom stereocenters. The van der Waals surface area contributed by atoms with Crippen LogP contribution in [0.3, 0.4) is 0 Å². The van der Waals surface area contributed by atoms with Crippen molar-refractivity contribution in [1.29, 1.82) is 0 Å². The first-order chi connectivity index (χ1) is 9.04. The van der Waals surface area contributed by atoms with Gasteiger partial charge in [-0.05, 0) is 24.6 Å². The van der Waals surface area contributed by atoms with E-state index < -0.39 is 5.97 Å². The lowest BCUT2D eigenvalue weighted by atomic mass is 10.1. The number of hydrogen-bond donors (Lipinski definition) is 1. The predicted molar refractivity (Wildman–Crippen MR) is 74.5 cm³/mol. The molecule has 0 aliphatic heterocycles. The number of nitrogens with zero attached hydrogens (tertiary/aromatic N) is 2. The molecule has 0 radical (unpaired) electrons. The summed E-state index contributed by atoms with van der Waals surface area (Å²) < 4.78 is 1.56. The third-order valence-corrected chi connectivity index (χ3v) is 3.26. The highest BCUT2D eigenvalue weighted by atomic mass is 35.5. The van der Waals surface area contributed by atoms with Crippen LogP contribution in [-0.4, -0.2) is 20.9 Å². The van der Waals surface area contributed by atoms with Crippen molar-refractivity contribution in [3.05, 3.63) is 45.7 Å². The van der Waals surface area contributed by atoms with Crippen LogP contribution in [-0.2, 0) is 6.42 Å². The Morgan fingerprint density at radius 2 is 2.16 bits per heavy atom. The first kappa shape index (κ1) is 13.9. The molecule has 4 nitrogen and oxygen atoms in total. The molecule has 0 saturated carbocycles. The summed E-state index contributed by atoms with van der Waals surface area (Å²) in [5.41, 5.74) is 1.47. The van der Waals surface area contributed by atoms with Gasteiger partial charge < -0.3 is 5.11 Å². The molecule has 1 N–H and O–H groups in total. The summed E-state index contributed by atoms with van der Waals surface area (Å²) in [7, 11) is 0. The molecule has 2 aromatic rings. The Morgan fingerprint density at radius 3 is 2.74 bits per heavy atom. The van der Waals surface area contributed by atoms with Gasteiger partial charge in [0, 0.05) is 5.02 Å². The van der Waals surface area contributed by atoms with Crippen LogP contribution >= 0.6 is 23.2 Å². The molecule has 0 aliphatic rings. The second-order valence-electron chi connectivity index (χ2n) is 4.07. The summed E-state index contributed by atoms with van der Waals surface area (Å²) >= 11 is 12.0. The van der Waals surface area contributed by atoms with E-state index in [1.54, 1.807) is 22.9 Å². The fourth-order valence-corrected chi connectivity index (χ4v) is 2.38. The molecular weight excluding hydrogens is 287 g/mol. The van der Waals surface area contributed by atoms with Gasteiger partial charge in [-0.15, -0.1) is 0 Å². The smallest absolute Gasteiger partial charge is 0.339 e. The zero-order chi connectivity index (χ0) is 14.0. The summed E-state index contributed by atoms with van der Waals surface area (Å²) in [6.07, 6.45) is 2.77. The molecule has 2 rings (SSSR count). The van der Waals surface area contributed by atoms with Crippen LogP contribution in [0, 0.1) is 0 Å². The summed E-state index contributed by atoms with van der Waals surface area (Å²) in [5, 5.41) is 14.2. The number of hydrogen-bond acceptors (Lipinski definition) is 2. The maximum absolute atomic E-state index is 11.2. The number of aromatic carboxylic acids is 1. The standard InChI is InChI=1S/C13H12Cl2N2O2/c1-2-3-11-9(13(18)19)7-16-17(11)12-5-4-8(14)6-10(12)15/h4-7H,2-3H2,1H3,(H,18,19). The number of halogens is 2. The molecule has 0 unspecified atom stereocenters. The van der Waals surface area contributed by atoms with Crippen LogP contribution in [0.4, 0.5) is 0 Å². The van der Waals surface area contributed by atoms with E-state index in [1.807, 2.05) is 6.92 Å². The molecule has 0 fully saturated rings. The van der Waals surface area contributed by atoms with Crippen LogP contribution < -0.4 is 0 Å². The molecule has 6 heteroatoms. The van der Waals surface area contributed by atoms with E-state index in [2.05, 4.69) is 5.10 Å². The van der Waals surface area contributed by atoms with Gasteiger partial charge in [0.05, 0.1) is 22.6 Å². The van der Waals surface area contributed by atoms with E-state index in [-0.39, 0.29) is 5.56 Å². The van der Waals surface area contributed by atoms with Crippen molar-refractivity contribution in [3.8, 4) is 5.69 Å². The topological polar surface area (TPSA) is 55.1 Å². The van der Waals surface area contributed by atoms with Gasteiger partial charge in [-0.3, -0.25) is 0 Å². The Kier molecular flexibility index (Phi) is 4.12. The minimum absolute atomic E-state index is 0.202. The summed E-state index contributed by atoms with van der Waals surface area (Å²) in [6, 6.07) is 5.03. The van der Waals surface area contributed by atoms with E-state index >= 15 is 0 Å². The Balaban J connectivity index is 2.58. The predicted octanol–water partition coefficient (Wildman–Crippen LogP) is 3.83. The number of benzene rings is 1. The molecule has 19 heavy (non-hydrogen) atoms. The molecule has 100 valence electrons. The lowest BCUT2D eigenvalue weighted by molar-refractivity contribution is 0.0695. The molecule has 0 saturated heterocycles. The Morgan fingerprint density at radius 1 is 1.42 bits per heavy atom. The molecule has 1 aromatic heterocycles. The van der Waals surface area contributed by atoms with Gasteiger partial charge in [-0.1, -0.05) is 36.5 Å². The lowest BCUT2D eigenvalue weighted by Gasteiger charge is -2.09. The van der Waals surface area contributed by atoms with Crippen molar-refractivity contribution in [2.24, 2.45) is 0 Å². The monoisotopic (exact) mass is 298 g/mol. The van der Waals surface area contributed by atoms with E-state index in [9.17, 15) is 4.79 Å². The highest BCUT2D eigenvalue weighted by Crippen LogP contribution is 2.26. The van der Waals surface area contributed by atoms with Crippen molar-refractivity contribution in [1.82, 2.24) is 9.78 Å². The Hall–Kier alpha value is -1.52. The third kappa shape index (κ3) is 2.74. The molecule has 1 heterocycles. The van der Waals surface area contributed by atoms with Crippen LogP contribution in [0.1, 0.15) is 29.4 Å². The largest absolute Gasteiger partial charge is 0.478 e. The average molecular weight is 299 g/mol. The van der Waals surface area contributed by atoms with E-state index in [1.165, 1.54) is 6.20 Å². The SMILES string of the molecule is CCCc1c(C(=O)O)cnn1-c1ccc(Cl)cc1Cl. The Labute approximate surface area is 120 Å². The average Bonchev–Trinajstić information content (AvgIpc) is 2.73. The first-order valence-electron chi connectivity index (χ1n) is 5.80. The molecule has 1 aromatic carbocycles. The van der Waals surface area contributed by atoms with Crippen molar-refractivity contribution >= 4 is 29.2 Å². The fourth-order valence-electron chi connectivity index (χ4n) is 1.89. The van der Waals surface area contributed by atoms with E-state index in [0.29, 0.717) is 27.8 Å². The summed E-state index contributed by atoms with van der Waals surface area (Å²) in [5.74, 6) is -0.986. The van der Waals surface area contributed by atoms with Crippen molar-refractivity contribution in [3.63, 3.8) is 0 Å². The van der Waals surface area contributed by atoms with Crippen LogP contribution in [0.25, 0.3) is 5.69 Å². The number of carboxylic acids is 1. The van der Waals surface area contributed by atoms with Gasteiger partial charge >= 0.3 is 5.97 Å². The second kappa shape index (κ2) is 5.63. The number of carbonyl (C=O) groups is 1. The van der Waals surface area contributed by atoms with Crippen molar-refractivity contribution < 1.29 is 9.90 Å². The van der Waals surface area contributed by atoms with Crippen molar-refractivity contribution in [2.45, 2.75) is 19.8 Å². The number of carboxylic acid groups (broad SMARTS) is 1. The van der Waals surface area contributed by atoms with Gasteiger partial charge in [0.15, 0.2) is 0 Å². The molecule has 0 aliphatic carbocycles. The van der Waals surface area contributed by atoms with E-state index in [0.717, 1.165) is 6.42 Å². The van der Waals surface area contributed by atoms with Gasteiger partial charge in [0.1, 0.15) is 5.56 Å². The molecule has 0 bridgehead atoms. The number of aromatic nitrogens is 2. The second-order valence-corrected chi connectivity index (χ2v) is 4.91. The molecular formula is C13H12Cl2N2O2. The normalized spacial score (nSPS) is 10.7. The third-order valence-electron chi connectivity index (χ3n) is 2.72. The maximum atomic E-state index is 11.2. The van der Waals surface area contributed by atoms with Gasteiger partial charge in [0.25, 0.3) is 0 Å². The van der Waals surface area contributed by atoms with Gasteiger partial charge in [-0.25, -0.2) is 9.48 Å². The number of rotatable bonds is 4. The lowest BCUT2D eigenvalue weighted by Crippen LogP contribution is -2.07.